The Balaban J connectivity index is 2.36. The lowest BCUT2D eigenvalue weighted by atomic mass is 10.2. The van der Waals surface area contributed by atoms with Crippen molar-refractivity contribution in [1.82, 2.24) is 0 Å². The molecule has 0 aliphatic carbocycles. The number of benzene rings is 1. The van der Waals surface area contributed by atoms with Gasteiger partial charge in [-0.15, -0.1) is 0 Å². The minimum atomic E-state index is 0.0580. The average molecular weight is 224 g/mol. The minimum absolute atomic E-state index is 0.0580. The van der Waals surface area contributed by atoms with Crippen LogP contribution in [0.1, 0.15) is 12.5 Å². The predicted octanol–water partition coefficient (Wildman–Crippen LogP) is 3.96. The fourth-order valence-electron chi connectivity index (χ4n) is 1.18. The number of carbonyl (C=O) groups is 1. The van der Waals surface area contributed by atoms with Gasteiger partial charge in [-0.2, -0.15) is 0 Å². The van der Waals surface area contributed by atoms with E-state index in [2.05, 4.69) is 12.1 Å². The molecule has 0 aliphatic heterocycles. The van der Waals surface area contributed by atoms with Gasteiger partial charge in [-0.1, -0.05) is 72.9 Å². The molecular weight excluding hydrogens is 208 g/mol. The first kappa shape index (κ1) is 12.9. The van der Waals surface area contributed by atoms with E-state index in [1.807, 2.05) is 54.7 Å². The largest absolute Gasteiger partial charge is 0.295 e. The predicted molar refractivity (Wildman–Crippen MR) is 73.6 cm³/mol. The second-order valence-corrected chi connectivity index (χ2v) is 3.51. The fraction of sp³-hybridized carbons (Fsp3) is 0.0625. The van der Waals surface area contributed by atoms with Gasteiger partial charge in [0.25, 0.3) is 0 Å². The second kappa shape index (κ2) is 8.05. The van der Waals surface area contributed by atoms with Crippen LogP contribution in [0, 0.1) is 0 Å². The lowest BCUT2D eigenvalue weighted by Gasteiger charge is -1.87. The third-order valence-corrected chi connectivity index (χ3v) is 1.97. The van der Waals surface area contributed by atoms with Gasteiger partial charge in [-0.25, -0.2) is 0 Å². The number of hydrogen-bond acceptors (Lipinski definition) is 1. The molecule has 0 saturated carbocycles. The Bertz CT molecular complexity index is 448. The summed E-state index contributed by atoms with van der Waals surface area (Å²) in [5.41, 5.74) is 1.18. The van der Waals surface area contributed by atoms with Crippen LogP contribution in [0.2, 0.25) is 0 Å². The number of rotatable bonds is 5. The molecule has 0 N–H and O–H groups in total. The van der Waals surface area contributed by atoms with Crippen molar-refractivity contribution >= 4 is 11.9 Å². The van der Waals surface area contributed by atoms with Gasteiger partial charge in [0.2, 0.25) is 0 Å². The molecule has 86 valence electrons. The highest BCUT2D eigenvalue weighted by Gasteiger charge is 1.79. The summed E-state index contributed by atoms with van der Waals surface area (Å²) in [6, 6.07) is 10.1. The van der Waals surface area contributed by atoms with E-state index in [9.17, 15) is 4.79 Å². The summed E-state index contributed by atoms with van der Waals surface area (Å²) < 4.78 is 0. The summed E-state index contributed by atoms with van der Waals surface area (Å²) in [6.07, 6.45) is 14.9. The third kappa shape index (κ3) is 6.85. The summed E-state index contributed by atoms with van der Waals surface area (Å²) in [7, 11) is 0. The van der Waals surface area contributed by atoms with E-state index in [0.717, 1.165) is 0 Å². The Morgan fingerprint density at radius 3 is 2.12 bits per heavy atom. The van der Waals surface area contributed by atoms with Crippen molar-refractivity contribution < 1.29 is 4.79 Å². The van der Waals surface area contributed by atoms with E-state index in [1.54, 1.807) is 6.08 Å². The van der Waals surface area contributed by atoms with Crippen LogP contribution < -0.4 is 0 Å². The minimum Gasteiger partial charge on any atom is -0.295 e. The number of hydrogen-bond donors (Lipinski definition) is 0. The highest BCUT2D eigenvalue weighted by Crippen LogP contribution is 2.00. The van der Waals surface area contributed by atoms with E-state index in [0.29, 0.717) is 0 Å². The smallest absolute Gasteiger partial charge is 0.152 e. The molecule has 1 aromatic carbocycles. The van der Waals surface area contributed by atoms with Crippen LogP contribution in [0.3, 0.4) is 0 Å². The standard InChI is InChI=1S/C16H16O/c1-15(17)11-7-4-2-3-5-8-12-16-13-9-6-10-14-16/h2-14H,1H3. The summed E-state index contributed by atoms with van der Waals surface area (Å²) in [6.45, 7) is 1.53. The van der Waals surface area contributed by atoms with Crippen molar-refractivity contribution in [2.45, 2.75) is 6.92 Å². The fourth-order valence-corrected chi connectivity index (χ4v) is 1.18. The maximum atomic E-state index is 10.6. The van der Waals surface area contributed by atoms with Gasteiger partial charge in [0.05, 0.1) is 0 Å². The Hall–Kier alpha value is -2.15. The van der Waals surface area contributed by atoms with Crippen molar-refractivity contribution in [3.05, 3.63) is 78.4 Å². The van der Waals surface area contributed by atoms with Crippen LogP contribution >= 0.6 is 0 Å². The SMILES string of the molecule is CC(=O)C=CC=CC=CC=Cc1ccccc1. The molecule has 0 radical (unpaired) electrons. The Kier molecular flexibility index (Phi) is 6.12. The molecule has 1 nitrogen and oxygen atoms in total. The second-order valence-electron chi connectivity index (χ2n) is 3.51. The molecule has 0 spiro atoms. The van der Waals surface area contributed by atoms with Crippen LogP contribution in [0.15, 0.2) is 72.9 Å². The molecule has 0 atom stereocenters. The van der Waals surface area contributed by atoms with Crippen molar-refractivity contribution in [3.63, 3.8) is 0 Å². The maximum Gasteiger partial charge on any atom is 0.152 e. The summed E-state index contributed by atoms with van der Waals surface area (Å²) in [5, 5.41) is 0. The topological polar surface area (TPSA) is 17.1 Å². The van der Waals surface area contributed by atoms with Gasteiger partial charge in [0.15, 0.2) is 5.78 Å². The van der Waals surface area contributed by atoms with Gasteiger partial charge < -0.3 is 0 Å². The maximum absolute atomic E-state index is 10.6. The van der Waals surface area contributed by atoms with Crippen LogP contribution in [0.5, 0.6) is 0 Å². The monoisotopic (exact) mass is 224 g/mol. The zero-order valence-electron chi connectivity index (χ0n) is 9.91. The first-order valence-corrected chi connectivity index (χ1v) is 5.53. The van der Waals surface area contributed by atoms with E-state index < -0.39 is 0 Å². The first-order valence-electron chi connectivity index (χ1n) is 5.53. The molecule has 1 heteroatoms. The number of allylic oxidation sites excluding steroid dienone is 7. The van der Waals surface area contributed by atoms with E-state index in [1.165, 1.54) is 18.6 Å². The zero-order valence-corrected chi connectivity index (χ0v) is 9.91. The Morgan fingerprint density at radius 1 is 0.882 bits per heavy atom. The molecule has 0 unspecified atom stereocenters. The molecule has 0 fully saturated rings. The molecule has 0 aromatic heterocycles. The van der Waals surface area contributed by atoms with Crippen molar-refractivity contribution in [2.75, 3.05) is 0 Å². The highest BCUT2D eigenvalue weighted by molar-refractivity contribution is 5.87. The molecule has 0 saturated heterocycles. The van der Waals surface area contributed by atoms with Crippen molar-refractivity contribution in [2.24, 2.45) is 0 Å². The molecule has 17 heavy (non-hydrogen) atoms. The molecule has 0 heterocycles. The first-order chi connectivity index (χ1) is 8.29. The average Bonchev–Trinajstić information content (AvgIpc) is 2.33. The third-order valence-electron chi connectivity index (χ3n) is 1.97. The Labute approximate surface area is 102 Å². The molecule has 1 aromatic rings. The van der Waals surface area contributed by atoms with E-state index in [-0.39, 0.29) is 5.78 Å². The molecule has 0 amide bonds. The van der Waals surface area contributed by atoms with Gasteiger partial charge in [-0.3, -0.25) is 4.79 Å². The van der Waals surface area contributed by atoms with Gasteiger partial charge in [-0.05, 0) is 18.6 Å². The van der Waals surface area contributed by atoms with Gasteiger partial charge in [0, 0.05) is 0 Å². The van der Waals surface area contributed by atoms with Crippen LogP contribution in [-0.4, -0.2) is 5.78 Å². The molecule has 0 bridgehead atoms. The van der Waals surface area contributed by atoms with Crippen molar-refractivity contribution in [1.29, 1.82) is 0 Å². The van der Waals surface area contributed by atoms with Gasteiger partial charge in [0.1, 0.15) is 0 Å². The normalized spacial score (nSPS) is 12.3. The molecular formula is C16H16O. The van der Waals surface area contributed by atoms with E-state index >= 15 is 0 Å². The molecule has 0 aliphatic rings. The van der Waals surface area contributed by atoms with Gasteiger partial charge >= 0.3 is 0 Å². The van der Waals surface area contributed by atoms with Crippen LogP contribution in [0.25, 0.3) is 6.08 Å². The van der Waals surface area contributed by atoms with E-state index in [4.69, 9.17) is 0 Å². The number of ketones is 1. The lowest BCUT2D eigenvalue weighted by Crippen LogP contribution is -1.77. The van der Waals surface area contributed by atoms with Crippen molar-refractivity contribution in [3.8, 4) is 0 Å². The van der Waals surface area contributed by atoms with Crippen LogP contribution in [-0.2, 0) is 4.79 Å². The summed E-state index contributed by atoms with van der Waals surface area (Å²) in [4.78, 5) is 10.6. The summed E-state index contributed by atoms with van der Waals surface area (Å²) >= 11 is 0. The summed E-state index contributed by atoms with van der Waals surface area (Å²) in [5.74, 6) is 0.0580. The lowest BCUT2D eigenvalue weighted by molar-refractivity contribution is -0.112. The molecule has 1 rings (SSSR count). The quantitative estimate of drug-likeness (QED) is 0.546. The Morgan fingerprint density at radius 2 is 1.47 bits per heavy atom. The number of carbonyl (C=O) groups excluding carboxylic acids is 1. The van der Waals surface area contributed by atoms with Crippen LogP contribution in [0.4, 0.5) is 0 Å². The highest BCUT2D eigenvalue weighted by atomic mass is 16.1. The zero-order chi connectivity index (χ0) is 12.3.